The van der Waals surface area contributed by atoms with Crippen LogP contribution < -0.4 is 11.1 Å². The summed E-state index contributed by atoms with van der Waals surface area (Å²) in [5.74, 6) is 0.479. The number of aryl methyl sites for hydroxylation is 1. The zero-order chi connectivity index (χ0) is 10.3. The first-order valence-electron chi connectivity index (χ1n) is 4.59. The Labute approximate surface area is 81.6 Å². The van der Waals surface area contributed by atoms with Crippen molar-refractivity contribution in [1.29, 1.82) is 0 Å². The van der Waals surface area contributed by atoms with Crippen LogP contribution in [0.15, 0.2) is 4.52 Å². The van der Waals surface area contributed by atoms with Gasteiger partial charge in [-0.15, -0.1) is 0 Å². The van der Waals surface area contributed by atoms with E-state index in [1.807, 2.05) is 6.92 Å². The first kappa shape index (κ1) is 9.21. The van der Waals surface area contributed by atoms with Gasteiger partial charge in [0.2, 0.25) is 0 Å². The van der Waals surface area contributed by atoms with E-state index in [1.165, 1.54) is 0 Å². The van der Waals surface area contributed by atoms with Crippen LogP contribution >= 0.6 is 0 Å². The van der Waals surface area contributed by atoms with Crippen molar-refractivity contribution < 1.29 is 9.32 Å². The average molecular weight is 195 g/mol. The van der Waals surface area contributed by atoms with Gasteiger partial charge in [0.1, 0.15) is 5.76 Å². The molecule has 14 heavy (non-hydrogen) atoms. The number of aromatic nitrogens is 1. The maximum Gasteiger partial charge on any atom is 0.274 e. The summed E-state index contributed by atoms with van der Waals surface area (Å²) < 4.78 is 4.90. The topological polar surface area (TPSA) is 81.2 Å². The minimum Gasteiger partial charge on any atom is -0.361 e. The summed E-state index contributed by atoms with van der Waals surface area (Å²) in [6.07, 6.45) is 0.849. The first-order chi connectivity index (χ1) is 6.59. The van der Waals surface area contributed by atoms with E-state index in [4.69, 9.17) is 10.3 Å². The molecule has 0 radical (unpaired) electrons. The Morgan fingerprint density at radius 1 is 1.64 bits per heavy atom. The van der Waals surface area contributed by atoms with Gasteiger partial charge in [-0.1, -0.05) is 5.16 Å². The fourth-order valence-electron chi connectivity index (χ4n) is 1.25. The Kier molecular flexibility index (Phi) is 2.03. The van der Waals surface area contributed by atoms with E-state index in [9.17, 15) is 4.79 Å². The Bertz CT molecular complexity index is 372. The number of carbonyl (C=O) groups is 1. The first-order valence-corrected chi connectivity index (χ1v) is 4.59. The number of amides is 1. The number of nitrogens with zero attached hydrogens (tertiary/aromatic N) is 1. The number of hydrogen-bond acceptors (Lipinski definition) is 4. The molecule has 0 aliphatic heterocycles. The average Bonchev–Trinajstić information content (AvgIpc) is 2.70. The van der Waals surface area contributed by atoms with E-state index in [-0.39, 0.29) is 18.0 Å². The molecule has 0 aromatic carbocycles. The van der Waals surface area contributed by atoms with Gasteiger partial charge in [-0.3, -0.25) is 4.79 Å². The molecule has 0 spiro atoms. The summed E-state index contributed by atoms with van der Waals surface area (Å²) >= 11 is 0. The highest BCUT2D eigenvalue weighted by Gasteiger charge is 2.35. The van der Waals surface area contributed by atoms with Crippen molar-refractivity contribution in [2.24, 2.45) is 5.73 Å². The molecule has 1 aliphatic carbocycles. The Balaban J connectivity index is 2.07. The molecule has 76 valence electrons. The predicted octanol–water partition coefficient (Wildman–Crippen LogP) is 0.121. The van der Waals surface area contributed by atoms with Gasteiger partial charge < -0.3 is 15.6 Å². The van der Waals surface area contributed by atoms with Gasteiger partial charge in [0.15, 0.2) is 5.69 Å². The zero-order valence-electron chi connectivity index (χ0n) is 8.20. The van der Waals surface area contributed by atoms with E-state index in [0.717, 1.165) is 12.0 Å². The van der Waals surface area contributed by atoms with E-state index in [2.05, 4.69) is 10.5 Å². The Morgan fingerprint density at radius 3 is 2.71 bits per heavy atom. The smallest absolute Gasteiger partial charge is 0.274 e. The minimum absolute atomic E-state index is 0.104. The molecular formula is C9H13N3O2. The third kappa shape index (κ3) is 1.50. The number of nitrogens with two attached hydrogens (primary N) is 1. The van der Waals surface area contributed by atoms with Crippen molar-refractivity contribution in [3.8, 4) is 0 Å². The summed E-state index contributed by atoms with van der Waals surface area (Å²) in [5.41, 5.74) is 6.73. The second-order valence-corrected chi connectivity index (χ2v) is 3.69. The van der Waals surface area contributed by atoms with Gasteiger partial charge >= 0.3 is 0 Å². The van der Waals surface area contributed by atoms with Crippen molar-refractivity contribution in [3.63, 3.8) is 0 Å². The largest absolute Gasteiger partial charge is 0.361 e. The highest BCUT2D eigenvalue weighted by atomic mass is 16.5. The summed E-state index contributed by atoms with van der Waals surface area (Å²) in [6, 6.07) is 0.214. The number of nitrogens with one attached hydrogen (secondary N) is 1. The van der Waals surface area contributed by atoms with Crippen molar-refractivity contribution in [3.05, 3.63) is 17.0 Å². The van der Waals surface area contributed by atoms with E-state index >= 15 is 0 Å². The molecule has 0 bridgehead atoms. The van der Waals surface area contributed by atoms with E-state index in [0.29, 0.717) is 11.5 Å². The quantitative estimate of drug-likeness (QED) is 0.702. The van der Waals surface area contributed by atoms with Gasteiger partial charge in [-0.05, 0) is 20.3 Å². The predicted molar refractivity (Wildman–Crippen MR) is 49.8 cm³/mol. The minimum atomic E-state index is -0.197. The van der Waals surface area contributed by atoms with Crippen LogP contribution in [-0.4, -0.2) is 23.1 Å². The molecule has 1 fully saturated rings. The van der Waals surface area contributed by atoms with Gasteiger partial charge in [-0.25, -0.2) is 0 Å². The molecule has 1 aromatic heterocycles. The van der Waals surface area contributed by atoms with Gasteiger partial charge in [0, 0.05) is 17.6 Å². The summed E-state index contributed by atoms with van der Waals surface area (Å²) in [4.78, 5) is 11.6. The lowest BCUT2D eigenvalue weighted by molar-refractivity contribution is 0.0940. The van der Waals surface area contributed by atoms with Crippen molar-refractivity contribution in [1.82, 2.24) is 10.5 Å². The maximum absolute atomic E-state index is 11.6. The monoisotopic (exact) mass is 195 g/mol. The molecule has 1 saturated carbocycles. The molecule has 3 N–H and O–H groups in total. The van der Waals surface area contributed by atoms with Crippen LogP contribution in [0.2, 0.25) is 0 Å². The molecule has 0 saturated heterocycles. The highest BCUT2D eigenvalue weighted by molar-refractivity contribution is 5.94. The van der Waals surface area contributed by atoms with Crippen LogP contribution in [0.3, 0.4) is 0 Å². The Hall–Kier alpha value is -1.36. The van der Waals surface area contributed by atoms with Gasteiger partial charge in [-0.2, -0.15) is 0 Å². The normalized spacial score (nSPS) is 24.8. The van der Waals surface area contributed by atoms with Crippen LogP contribution in [0.5, 0.6) is 0 Å². The lowest BCUT2D eigenvalue weighted by Crippen LogP contribution is -2.30. The van der Waals surface area contributed by atoms with E-state index < -0.39 is 0 Å². The van der Waals surface area contributed by atoms with Crippen LogP contribution in [0.4, 0.5) is 0 Å². The van der Waals surface area contributed by atoms with Crippen LogP contribution in [0.1, 0.15) is 28.2 Å². The number of hydrogen-bond donors (Lipinski definition) is 2. The molecule has 1 aliphatic rings. The van der Waals surface area contributed by atoms with Crippen molar-refractivity contribution >= 4 is 5.91 Å². The fraction of sp³-hybridized carbons (Fsp3) is 0.556. The summed E-state index contributed by atoms with van der Waals surface area (Å²) in [6.45, 7) is 3.59. The molecule has 2 rings (SSSR count). The number of carbonyl (C=O) groups excluding carboxylic acids is 1. The summed E-state index contributed by atoms with van der Waals surface area (Å²) in [7, 11) is 0. The van der Waals surface area contributed by atoms with Gasteiger partial charge in [0.25, 0.3) is 5.91 Å². The second kappa shape index (κ2) is 3.09. The zero-order valence-corrected chi connectivity index (χ0v) is 8.20. The molecule has 5 heteroatoms. The fourth-order valence-corrected chi connectivity index (χ4v) is 1.25. The van der Waals surface area contributed by atoms with Crippen molar-refractivity contribution in [2.45, 2.75) is 32.4 Å². The third-order valence-electron chi connectivity index (χ3n) is 2.53. The third-order valence-corrected chi connectivity index (χ3v) is 2.53. The summed E-state index contributed by atoms with van der Waals surface area (Å²) in [5, 5.41) is 6.48. The molecule has 1 heterocycles. The maximum atomic E-state index is 11.6. The van der Waals surface area contributed by atoms with Crippen LogP contribution in [-0.2, 0) is 0 Å². The highest BCUT2D eigenvalue weighted by Crippen LogP contribution is 2.19. The second-order valence-electron chi connectivity index (χ2n) is 3.69. The molecular weight excluding hydrogens is 182 g/mol. The molecule has 1 aromatic rings. The molecule has 1 amide bonds. The SMILES string of the molecule is Cc1onc(C(=O)NC2CC2N)c1C. The van der Waals surface area contributed by atoms with Gasteiger partial charge in [0.05, 0.1) is 0 Å². The molecule has 5 nitrogen and oxygen atoms in total. The standard InChI is InChI=1S/C9H13N3O2/c1-4-5(2)14-12-8(4)9(13)11-7-3-6(7)10/h6-7H,3,10H2,1-2H3,(H,11,13). The Morgan fingerprint density at radius 2 is 2.29 bits per heavy atom. The van der Waals surface area contributed by atoms with E-state index in [1.54, 1.807) is 6.92 Å². The molecule has 2 atom stereocenters. The number of rotatable bonds is 2. The van der Waals surface area contributed by atoms with Crippen LogP contribution in [0.25, 0.3) is 0 Å². The van der Waals surface area contributed by atoms with Crippen LogP contribution in [0, 0.1) is 13.8 Å². The molecule has 2 unspecified atom stereocenters. The lowest BCUT2D eigenvalue weighted by atomic mass is 10.2. The van der Waals surface area contributed by atoms with Crippen molar-refractivity contribution in [2.75, 3.05) is 0 Å². The lowest BCUT2D eigenvalue weighted by Gasteiger charge is -2.00.